The summed E-state index contributed by atoms with van der Waals surface area (Å²) in [5, 5.41) is 0. The number of furan rings is 1. The fraction of sp³-hybridized carbons (Fsp3) is 0.267. The lowest BCUT2D eigenvalue weighted by molar-refractivity contribution is -0.146. The maximum atomic E-state index is 12.6. The average Bonchev–Trinajstić information content (AvgIpc) is 3.01. The highest BCUT2D eigenvalue weighted by Crippen LogP contribution is 2.28. The Morgan fingerprint density at radius 3 is 2.60 bits per heavy atom. The van der Waals surface area contributed by atoms with Crippen molar-refractivity contribution in [2.24, 2.45) is 0 Å². The molecule has 0 saturated carbocycles. The van der Waals surface area contributed by atoms with Crippen molar-refractivity contribution in [2.75, 3.05) is 7.11 Å². The molecule has 0 amide bonds. The van der Waals surface area contributed by atoms with Gasteiger partial charge in [0, 0.05) is 17.8 Å². The number of carbonyl (C=O) groups excluding carboxylic acids is 2. The number of ether oxygens (including phenoxy) is 2. The molecule has 134 valence electrons. The van der Waals surface area contributed by atoms with Gasteiger partial charge in [-0.15, -0.1) is 0 Å². The molecular formula is C15H12F3NO6. The van der Waals surface area contributed by atoms with Gasteiger partial charge in [-0.1, -0.05) is 0 Å². The van der Waals surface area contributed by atoms with E-state index >= 15 is 0 Å². The van der Waals surface area contributed by atoms with Crippen LogP contribution in [0.1, 0.15) is 21.7 Å². The van der Waals surface area contributed by atoms with Gasteiger partial charge in [0.2, 0.25) is 5.76 Å². The Morgan fingerprint density at radius 1 is 1.24 bits per heavy atom. The predicted octanol–water partition coefficient (Wildman–Crippen LogP) is 1.99. The molecule has 0 aliphatic rings. The number of alkyl halides is 3. The molecular weight excluding hydrogens is 347 g/mol. The summed E-state index contributed by atoms with van der Waals surface area (Å²) in [5.41, 5.74) is -1.64. The third-order valence-corrected chi connectivity index (χ3v) is 3.12. The lowest BCUT2D eigenvalue weighted by atomic mass is 10.2. The highest BCUT2D eigenvalue weighted by molar-refractivity contribution is 5.87. The van der Waals surface area contributed by atoms with Crippen LogP contribution in [0.5, 0.6) is 0 Å². The molecule has 2 heterocycles. The Labute approximate surface area is 138 Å². The topological polar surface area (TPSA) is 87.7 Å². The zero-order valence-electron chi connectivity index (χ0n) is 12.8. The van der Waals surface area contributed by atoms with Crippen molar-refractivity contribution in [3.8, 4) is 0 Å². The molecule has 0 N–H and O–H groups in total. The maximum absolute atomic E-state index is 12.6. The minimum Gasteiger partial charge on any atom is -0.463 e. The van der Waals surface area contributed by atoms with Gasteiger partial charge < -0.3 is 18.5 Å². The SMILES string of the molecule is COC(=O)c1occc1COC(=O)Cn1cc(C(F)(F)F)ccc1=O. The Kier molecular flexibility index (Phi) is 5.30. The van der Waals surface area contributed by atoms with Crippen LogP contribution in [0.15, 0.2) is 39.9 Å². The summed E-state index contributed by atoms with van der Waals surface area (Å²) in [7, 11) is 1.14. The summed E-state index contributed by atoms with van der Waals surface area (Å²) >= 11 is 0. The van der Waals surface area contributed by atoms with Crippen LogP contribution >= 0.6 is 0 Å². The minimum absolute atomic E-state index is 0.161. The summed E-state index contributed by atoms with van der Waals surface area (Å²) in [6.45, 7) is -1.08. The molecule has 0 radical (unpaired) electrons. The number of methoxy groups -OCH3 is 1. The molecule has 0 aliphatic heterocycles. The first-order valence-corrected chi connectivity index (χ1v) is 6.80. The number of nitrogens with zero attached hydrogens (tertiary/aromatic N) is 1. The third-order valence-electron chi connectivity index (χ3n) is 3.12. The summed E-state index contributed by atoms with van der Waals surface area (Å²) in [5.74, 6) is -1.89. The van der Waals surface area contributed by atoms with E-state index in [2.05, 4.69) is 4.74 Å². The van der Waals surface area contributed by atoms with Crippen LogP contribution in [-0.4, -0.2) is 23.6 Å². The molecule has 7 nitrogen and oxygen atoms in total. The van der Waals surface area contributed by atoms with Gasteiger partial charge in [0.1, 0.15) is 13.2 Å². The largest absolute Gasteiger partial charge is 0.463 e. The van der Waals surface area contributed by atoms with E-state index in [0.29, 0.717) is 22.9 Å². The number of hydrogen-bond acceptors (Lipinski definition) is 6. The molecule has 0 atom stereocenters. The van der Waals surface area contributed by atoms with Gasteiger partial charge in [-0.05, 0) is 12.1 Å². The Balaban J connectivity index is 2.05. The highest BCUT2D eigenvalue weighted by Gasteiger charge is 2.31. The molecule has 0 unspecified atom stereocenters. The monoisotopic (exact) mass is 359 g/mol. The van der Waals surface area contributed by atoms with Crippen molar-refractivity contribution >= 4 is 11.9 Å². The molecule has 2 aromatic rings. The highest BCUT2D eigenvalue weighted by atomic mass is 19.4. The maximum Gasteiger partial charge on any atom is 0.417 e. The number of hydrogen-bond donors (Lipinski definition) is 0. The molecule has 0 fully saturated rings. The van der Waals surface area contributed by atoms with Crippen molar-refractivity contribution in [3.63, 3.8) is 0 Å². The van der Waals surface area contributed by atoms with Crippen LogP contribution in [0, 0.1) is 0 Å². The van der Waals surface area contributed by atoms with Crippen LogP contribution in [0.25, 0.3) is 0 Å². The summed E-state index contributed by atoms with van der Waals surface area (Å²) in [6.07, 6.45) is -2.93. The third kappa shape index (κ3) is 4.49. The number of esters is 2. The van der Waals surface area contributed by atoms with Gasteiger partial charge in [0.15, 0.2) is 0 Å². The van der Waals surface area contributed by atoms with E-state index in [9.17, 15) is 27.6 Å². The van der Waals surface area contributed by atoms with E-state index in [0.717, 1.165) is 7.11 Å². The Morgan fingerprint density at radius 2 is 1.96 bits per heavy atom. The summed E-state index contributed by atoms with van der Waals surface area (Å²) in [6, 6.07) is 2.70. The van der Waals surface area contributed by atoms with Crippen molar-refractivity contribution < 1.29 is 36.7 Å². The first-order valence-electron chi connectivity index (χ1n) is 6.80. The van der Waals surface area contributed by atoms with Gasteiger partial charge in [0.25, 0.3) is 5.56 Å². The smallest absolute Gasteiger partial charge is 0.417 e. The Bertz CT molecular complexity index is 836. The van der Waals surface area contributed by atoms with Gasteiger partial charge in [-0.3, -0.25) is 9.59 Å². The molecule has 0 bridgehead atoms. The van der Waals surface area contributed by atoms with Crippen molar-refractivity contribution in [1.29, 1.82) is 0 Å². The van der Waals surface area contributed by atoms with Crippen LogP contribution in [-0.2, 0) is 33.6 Å². The van der Waals surface area contributed by atoms with E-state index in [1.54, 1.807) is 0 Å². The average molecular weight is 359 g/mol. The van der Waals surface area contributed by atoms with E-state index in [1.165, 1.54) is 12.3 Å². The second-order valence-corrected chi connectivity index (χ2v) is 4.81. The first-order chi connectivity index (χ1) is 11.7. The van der Waals surface area contributed by atoms with Crippen molar-refractivity contribution in [3.05, 3.63) is 57.9 Å². The number of rotatable bonds is 5. The van der Waals surface area contributed by atoms with Crippen molar-refractivity contribution in [1.82, 2.24) is 4.57 Å². The Hall–Kier alpha value is -3.04. The molecule has 10 heteroatoms. The first kappa shape index (κ1) is 18.3. The molecule has 25 heavy (non-hydrogen) atoms. The lowest BCUT2D eigenvalue weighted by Gasteiger charge is -2.10. The van der Waals surface area contributed by atoms with Crippen molar-refractivity contribution in [2.45, 2.75) is 19.3 Å². The second-order valence-electron chi connectivity index (χ2n) is 4.81. The summed E-state index contributed by atoms with van der Waals surface area (Å²) < 4.78 is 52.7. The molecule has 0 saturated heterocycles. The standard InChI is InChI=1S/C15H12F3NO6/c1-23-14(22)13-9(4-5-24-13)8-25-12(21)7-19-6-10(15(16,17)18)2-3-11(19)20/h2-6H,7-8H2,1H3. The predicted molar refractivity (Wildman–Crippen MR) is 75.5 cm³/mol. The lowest BCUT2D eigenvalue weighted by Crippen LogP contribution is -2.26. The van der Waals surface area contributed by atoms with Crippen LogP contribution < -0.4 is 5.56 Å². The summed E-state index contributed by atoms with van der Waals surface area (Å²) in [4.78, 5) is 34.7. The minimum atomic E-state index is -4.65. The fourth-order valence-electron chi connectivity index (χ4n) is 1.89. The van der Waals surface area contributed by atoms with E-state index in [1.807, 2.05) is 0 Å². The number of aromatic nitrogens is 1. The fourth-order valence-corrected chi connectivity index (χ4v) is 1.89. The molecule has 0 aliphatic carbocycles. The van der Waals surface area contributed by atoms with Crippen LogP contribution in [0.4, 0.5) is 13.2 Å². The molecule has 2 aromatic heterocycles. The van der Waals surface area contributed by atoms with Gasteiger partial charge >= 0.3 is 18.1 Å². The number of carbonyl (C=O) groups is 2. The van der Waals surface area contributed by atoms with Crippen LogP contribution in [0.2, 0.25) is 0 Å². The van der Waals surface area contributed by atoms with E-state index in [-0.39, 0.29) is 17.9 Å². The van der Waals surface area contributed by atoms with Crippen LogP contribution in [0.3, 0.4) is 0 Å². The molecule has 0 spiro atoms. The molecule has 0 aromatic carbocycles. The normalized spacial score (nSPS) is 11.2. The second kappa shape index (κ2) is 7.24. The zero-order chi connectivity index (χ0) is 18.6. The van der Waals surface area contributed by atoms with Gasteiger partial charge in [-0.2, -0.15) is 13.2 Å². The quantitative estimate of drug-likeness (QED) is 0.759. The van der Waals surface area contributed by atoms with Gasteiger partial charge in [-0.25, -0.2) is 4.79 Å². The number of pyridine rings is 1. The van der Waals surface area contributed by atoms with E-state index < -0.39 is 35.8 Å². The number of halogens is 3. The molecule has 2 rings (SSSR count). The zero-order valence-corrected chi connectivity index (χ0v) is 12.8. The van der Waals surface area contributed by atoms with E-state index in [4.69, 9.17) is 9.15 Å². The van der Waals surface area contributed by atoms with Gasteiger partial charge in [0.05, 0.1) is 18.9 Å².